The van der Waals surface area contributed by atoms with Crippen molar-refractivity contribution in [2.75, 3.05) is 18.5 Å². The second-order valence-electron chi connectivity index (χ2n) is 4.90. The van der Waals surface area contributed by atoms with Crippen LogP contribution in [0.3, 0.4) is 0 Å². The van der Waals surface area contributed by atoms with Crippen LogP contribution in [0.15, 0.2) is 29.4 Å². The fraction of sp³-hybridized carbons (Fsp3) is 0.400. The van der Waals surface area contributed by atoms with E-state index in [4.69, 9.17) is 4.74 Å². The molecule has 0 radical (unpaired) electrons. The predicted molar refractivity (Wildman–Crippen MR) is 80.0 cm³/mol. The average Bonchev–Trinajstić information content (AvgIpc) is 2.46. The van der Waals surface area contributed by atoms with Crippen LogP contribution in [0.25, 0.3) is 0 Å². The summed E-state index contributed by atoms with van der Waals surface area (Å²) in [7, 11) is 0. The largest absolute Gasteiger partial charge is 0.372 e. The molecule has 1 aliphatic heterocycles. The van der Waals surface area contributed by atoms with Gasteiger partial charge in [0.15, 0.2) is 0 Å². The van der Waals surface area contributed by atoms with Crippen LogP contribution in [-0.4, -0.2) is 30.7 Å². The van der Waals surface area contributed by atoms with E-state index in [2.05, 4.69) is 15.8 Å². The van der Waals surface area contributed by atoms with Crippen LogP contribution in [0.4, 0.5) is 5.69 Å². The number of anilines is 1. The summed E-state index contributed by atoms with van der Waals surface area (Å²) in [5, 5.41) is 6.85. The monoisotopic (exact) mass is 289 g/mol. The maximum atomic E-state index is 11.5. The van der Waals surface area contributed by atoms with E-state index in [1.807, 2.05) is 38.1 Å². The number of nitrogens with zero attached hydrogens (tertiary/aromatic N) is 1. The molecule has 1 aromatic rings. The Morgan fingerprint density at radius 1 is 1.43 bits per heavy atom. The molecule has 0 spiro atoms. The van der Waals surface area contributed by atoms with Gasteiger partial charge in [-0.05, 0) is 24.6 Å². The summed E-state index contributed by atoms with van der Waals surface area (Å²) >= 11 is 0. The lowest BCUT2D eigenvalue weighted by Gasteiger charge is -2.19. The maximum Gasteiger partial charge on any atom is 0.250 e. The Kier molecular flexibility index (Phi) is 5.05. The highest BCUT2D eigenvalue weighted by molar-refractivity contribution is 6.06. The molecule has 2 N–H and O–H groups in total. The number of hydrogen-bond acceptors (Lipinski definition) is 4. The van der Waals surface area contributed by atoms with Gasteiger partial charge in [-0.3, -0.25) is 9.59 Å². The number of ether oxygens (including phenoxy) is 1. The molecule has 0 aliphatic carbocycles. The van der Waals surface area contributed by atoms with Gasteiger partial charge < -0.3 is 10.1 Å². The first-order chi connectivity index (χ1) is 10.1. The third-order valence-corrected chi connectivity index (χ3v) is 3.16. The van der Waals surface area contributed by atoms with E-state index >= 15 is 0 Å². The fourth-order valence-electron chi connectivity index (χ4n) is 2.12. The number of amides is 2. The molecule has 1 unspecified atom stereocenters. The number of benzene rings is 1. The minimum absolute atomic E-state index is 0.0496. The van der Waals surface area contributed by atoms with E-state index in [-0.39, 0.29) is 24.3 Å². The second kappa shape index (κ2) is 6.99. The first-order valence-corrected chi connectivity index (χ1v) is 6.94. The van der Waals surface area contributed by atoms with Gasteiger partial charge >= 0.3 is 0 Å². The molecule has 1 heterocycles. The number of carbonyl (C=O) groups is 2. The Hall–Kier alpha value is -2.21. The molecule has 6 nitrogen and oxygen atoms in total. The van der Waals surface area contributed by atoms with Crippen LogP contribution in [0.5, 0.6) is 0 Å². The zero-order chi connectivity index (χ0) is 15.2. The van der Waals surface area contributed by atoms with Crippen LogP contribution in [0, 0.1) is 5.92 Å². The molecule has 112 valence electrons. The maximum absolute atomic E-state index is 11.5. The molecular weight excluding hydrogens is 270 g/mol. The summed E-state index contributed by atoms with van der Waals surface area (Å²) < 4.78 is 5.04. The summed E-state index contributed by atoms with van der Waals surface area (Å²) in [5.41, 5.74) is 4.98. The molecular formula is C15H19N3O3. The molecule has 2 amide bonds. The Morgan fingerprint density at radius 2 is 2.14 bits per heavy atom. The molecule has 0 fully saturated rings. The summed E-state index contributed by atoms with van der Waals surface area (Å²) in [6.07, 6.45) is 0.436. The van der Waals surface area contributed by atoms with Gasteiger partial charge in [-0.1, -0.05) is 19.1 Å². The first kappa shape index (κ1) is 15.2. The molecule has 0 saturated heterocycles. The number of hydrazone groups is 1. The zero-order valence-corrected chi connectivity index (χ0v) is 12.2. The molecule has 21 heavy (non-hydrogen) atoms. The molecule has 0 saturated carbocycles. The molecule has 1 aliphatic rings. The highest BCUT2D eigenvalue weighted by atomic mass is 16.5. The van der Waals surface area contributed by atoms with E-state index in [1.54, 1.807) is 0 Å². The number of nitrogens with one attached hydrogen (secondary N) is 2. The minimum Gasteiger partial charge on any atom is -0.372 e. The Morgan fingerprint density at radius 3 is 2.76 bits per heavy atom. The summed E-state index contributed by atoms with van der Waals surface area (Å²) in [6.45, 7) is 4.37. The van der Waals surface area contributed by atoms with Gasteiger partial charge in [-0.25, -0.2) is 5.43 Å². The highest BCUT2D eigenvalue weighted by Crippen LogP contribution is 2.18. The van der Waals surface area contributed by atoms with E-state index < -0.39 is 0 Å². The second-order valence-corrected chi connectivity index (χ2v) is 4.90. The normalized spacial score (nSPS) is 17.9. The van der Waals surface area contributed by atoms with Crippen molar-refractivity contribution in [3.63, 3.8) is 0 Å². The van der Waals surface area contributed by atoms with Gasteiger partial charge in [0.1, 0.15) is 6.61 Å². The van der Waals surface area contributed by atoms with Crippen LogP contribution in [0.1, 0.15) is 25.8 Å². The first-order valence-electron chi connectivity index (χ1n) is 6.94. The zero-order valence-electron chi connectivity index (χ0n) is 12.2. The molecule has 2 rings (SSSR count). The molecule has 0 bridgehead atoms. The minimum atomic E-state index is -0.180. The van der Waals surface area contributed by atoms with Crippen molar-refractivity contribution < 1.29 is 14.3 Å². The van der Waals surface area contributed by atoms with Crippen molar-refractivity contribution in [1.29, 1.82) is 0 Å². The standard InChI is InChI=1S/C15H19N3O3/c1-3-21-9-14(20)16-12-6-4-11(5-7-12)15-10(2)8-13(19)17-18-15/h4-7,10H,3,8-9H2,1-2H3,(H,16,20)(H,17,19). The van der Waals surface area contributed by atoms with Gasteiger partial charge in [0.05, 0.1) is 5.71 Å². The summed E-state index contributed by atoms with van der Waals surface area (Å²) in [4.78, 5) is 22.8. The van der Waals surface area contributed by atoms with Crippen molar-refractivity contribution in [3.8, 4) is 0 Å². The van der Waals surface area contributed by atoms with E-state index in [1.165, 1.54) is 0 Å². The van der Waals surface area contributed by atoms with Crippen LogP contribution >= 0.6 is 0 Å². The molecule has 6 heteroatoms. The molecule has 0 aromatic heterocycles. The SMILES string of the molecule is CCOCC(=O)Nc1ccc(C2=NNC(=O)CC2C)cc1. The van der Waals surface area contributed by atoms with E-state index in [0.29, 0.717) is 18.7 Å². The van der Waals surface area contributed by atoms with Gasteiger partial charge in [-0.15, -0.1) is 0 Å². The van der Waals surface area contributed by atoms with Crippen molar-refractivity contribution in [2.45, 2.75) is 20.3 Å². The van der Waals surface area contributed by atoms with Crippen molar-refractivity contribution in [3.05, 3.63) is 29.8 Å². The van der Waals surface area contributed by atoms with Crippen molar-refractivity contribution in [1.82, 2.24) is 5.43 Å². The van der Waals surface area contributed by atoms with Crippen LogP contribution in [-0.2, 0) is 14.3 Å². The number of hydrogen-bond donors (Lipinski definition) is 2. The van der Waals surface area contributed by atoms with Gasteiger partial charge in [0.2, 0.25) is 11.8 Å². The van der Waals surface area contributed by atoms with Crippen LogP contribution in [0.2, 0.25) is 0 Å². The van der Waals surface area contributed by atoms with E-state index in [9.17, 15) is 9.59 Å². The lowest BCUT2D eigenvalue weighted by molar-refractivity contribution is -0.122. The summed E-state index contributed by atoms with van der Waals surface area (Å²) in [6, 6.07) is 7.38. The number of rotatable bonds is 5. The Labute approximate surface area is 123 Å². The predicted octanol–water partition coefficient (Wildman–Crippen LogP) is 1.52. The van der Waals surface area contributed by atoms with Crippen molar-refractivity contribution >= 4 is 23.2 Å². The van der Waals surface area contributed by atoms with Gasteiger partial charge in [0.25, 0.3) is 0 Å². The highest BCUT2D eigenvalue weighted by Gasteiger charge is 2.21. The van der Waals surface area contributed by atoms with Crippen molar-refractivity contribution in [2.24, 2.45) is 11.0 Å². The average molecular weight is 289 g/mol. The lowest BCUT2D eigenvalue weighted by atomic mass is 9.94. The number of carbonyl (C=O) groups excluding carboxylic acids is 2. The lowest BCUT2D eigenvalue weighted by Crippen LogP contribution is -2.31. The molecule has 1 atom stereocenters. The topological polar surface area (TPSA) is 79.8 Å². The third kappa shape index (κ3) is 4.13. The van der Waals surface area contributed by atoms with E-state index in [0.717, 1.165) is 11.3 Å². The quantitative estimate of drug-likeness (QED) is 0.862. The van der Waals surface area contributed by atoms with Gasteiger partial charge in [0, 0.05) is 24.6 Å². The Bertz CT molecular complexity index is 552. The van der Waals surface area contributed by atoms with Crippen LogP contribution < -0.4 is 10.7 Å². The Balaban J connectivity index is 2.02. The molecule has 1 aromatic carbocycles. The fourth-order valence-corrected chi connectivity index (χ4v) is 2.12. The third-order valence-electron chi connectivity index (χ3n) is 3.16. The summed E-state index contributed by atoms with van der Waals surface area (Å²) in [5.74, 6) is -0.163. The smallest absolute Gasteiger partial charge is 0.250 e. The van der Waals surface area contributed by atoms with Gasteiger partial charge in [-0.2, -0.15) is 5.10 Å².